The van der Waals surface area contributed by atoms with E-state index in [-0.39, 0.29) is 0 Å². The summed E-state index contributed by atoms with van der Waals surface area (Å²) < 4.78 is 6.90. The van der Waals surface area contributed by atoms with Gasteiger partial charge in [0.25, 0.3) is 0 Å². The fourth-order valence-corrected chi connectivity index (χ4v) is 1.73. The first-order chi connectivity index (χ1) is 9.19. The second kappa shape index (κ2) is 6.33. The highest BCUT2D eigenvalue weighted by Crippen LogP contribution is 2.14. The zero-order chi connectivity index (χ0) is 13.7. The minimum atomic E-state index is 0.636. The van der Waals surface area contributed by atoms with E-state index < -0.39 is 0 Å². The van der Waals surface area contributed by atoms with Gasteiger partial charge in [-0.3, -0.25) is 0 Å². The van der Waals surface area contributed by atoms with Crippen LogP contribution in [0.5, 0.6) is 5.75 Å². The molecule has 19 heavy (non-hydrogen) atoms. The van der Waals surface area contributed by atoms with Crippen molar-refractivity contribution < 1.29 is 4.74 Å². The van der Waals surface area contributed by atoms with Crippen LogP contribution in [0.15, 0.2) is 30.5 Å². The monoisotopic (exact) mass is 260 g/mol. The van der Waals surface area contributed by atoms with E-state index in [1.54, 1.807) is 11.8 Å². The molecular weight excluding hydrogens is 240 g/mol. The van der Waals surface area contributed by atoms with Gasteiger partial charge in [0.1, 0.15) is 5.75 Å². The van der Waals surface area contributed by atoms with Gasteiger partial charge in [-0.25, -0.2) is 4.68 Å². The Kier molecular flexibility index (Phi) is 4.52. The molecule has 0 fully saturated rings. The Balaban J connectivity index is 1.99. The van der Waals surface area contributed by atoms with E-state index in [4.69, 9.17) is 4.74 Å². The third-order valence-corrected chi connectivity index (χ3v) is 2.74. The zero-order valence-corrected chi connectivity index (χ0v) is 11.6. The van der Waals surface area contributed by atoms with E-state index in [0.29, 0.717) is 5.92 Å². The number of methoxy groups -OCH3 is 1. The van der Waals surface area contributed by atoms with Gasteiger partial charge in [-0.15, -0.1) is 5.10 Å². The molecule has 0 spiro atoms. The summed E-state index contributed by atoms with van der Waals surface area (Å²) in [5.74, 6) is 1.47. The van der Waals surface area contributed by atoms with Crippen LogP contribution in [0, 0.1) is 5.92 Å². The van der Waals surface area contributed by atoms with E-state index in [9.17, 15) is 0 Å². The van der Waals surface area contributed by atoms with Crippen molar-refractivity contribution in [1.82, 2.24) is 20.3 Å². The lowest BCUT2D eigenvalue weighted by Gasteiger charge is -2.04. The average Bonchev–Trinajstić information content (AvgIpc) is 2.87. The van der Waals surface area contributed by atoms with Crippen molar-refractivity contribution in [2.75, 3.05) is 13.7 Å². The van der Waals surface area contributed by atoms with Crippen LogP contribution in [0.2, 0.25) is 0 Å². The number of ether oxygens (including phenoxy) is 1. The van der Waals surface area contributed by atoms with Crippen LogP contribution in [0.1, 0.15) is 19.5 Å². The van der Waals surface area contributed by atoms with Crippen molar-refractivity contribution in [1.29, 1.82) is 0 Å². The van der Waals surface area contributed by atoms with Gasteiger partial charge in [0.05, 0.1) is 24.7 Å². The fraction of sp³-hybridized carbons (Fsp3) is 0.429. The minimum Gasteiger partial charge on any atom is -0.497 e. The van der Waals surface area contributed by atoms with Gasteiger partial charge < -0.3 is 10.1 Å². The van der Waals surface area contributed by atoms with Crippen molar-refractivity contribution >= 4 is 0 Å². The number of aromatic nitrogens is 3. The third-order valence-electron chi connectivity index (χ3n) is 2.74. The SMILES string of the molecule is COc1ccc(-n2cc(CNCC(C)C)nn2)cc1. The predicted molar refractivity (Wildman–Crippen MR) is 74.5 cm³/mol. The number of hydrogen-bond donors (Lipinski definition) is 1. The molecular formula is C14H20N4O. The first kappa shape index (κ1) is 13.5. The highest BCUT2D eigenvalue weighted by Gasteiger charge is 2.03. The summed E-state index contributed by atoms with van der Waals surface area (Å²) >= 11 is 0. The largest absolute Gasteiger partial charge is 0.497 e. The average molecular weight is 260 g/mol. The van der Waals surface area contributed by atoms with Crippen LogP contribution < -0.4 is 10.1 Å². The zero-order valence-electron chi connectivity index (χ0n) is 11.6. The lowest BCUT2D eigenvalue weighted by atomic mass is 10.2. The highest BCUT2D eigenvalue weighted by atomic mass is 16.5. The molecule has 1 heterocycles. The van der Waals surface area contributed by atoms with Gasteiger partial charge in [-0.05, 0) is 36.7 Å². The quantitative estimate of drug-likeness (QED) is 0.863. The summed E-state index contributed by atoms with van der Waals surface area (Å²) in [6, 6.07) is 7.74. The normalized spacial score (nSPS) is 10.9. The first-order valence-electron chi connectivity index (χ1n) is 6.45. The lowest BCUT2D eigenvalue weighted by molar-refractivity contribution is 0.414. The Bertz CT molecular complexity index is 504. The van der Waals surface area contributed by atoms with E-state index in [1.807, 2.05) is 30.5 Å². The summed E-state index contributed by atoms with van der Waals surface area (Å²) in [5.41, 5.74) is 1.92. The standard InChI is InChI=1S/C14H20N4O/c1-11(2)8-15-9-12-10-18(17-16-12)13-4-6-14(19-3)7-5-13/h4-7,10-11,15H,8-9H2,1-3H3. The van der Waals surface area contributed by atoms with E-state index in [2.05, 4.69) is 29.5 Å². The second-order valence-electron chi connectivity index (χ2n) is 4.88. The summed E-state index contributed by atoms with van der Waals surface area (Å²) in [7, 11) is 1.66. The maximum atomic E-state index is 5.13. The Morgan fingerprint density at radius 2 is 2.00 bits per heavy atom. The molecule has 5 heteroatoms. The number of rotatable bonds is 6. The summed E-state index contributed by atoms with van der Waals surface area (Å²) in [6.45, 7) is 6.09. The number of benzene rings is 1. The van der Waals surface area contributed by atoms with Crippen LogP contribution in [0.25, 0.3) is 5.69 Å². The smallest absolute Gasteiger partial charge is 0.119 e. The van der Waals surface area contributed by atoms with Gasteiger partial charge >= 0.3 is 0 Å². The van der Waals surface area contributed by atoms with E-state index in [0.717, 1.165) is 30.2 Å². The molecule has 0 bridgehead atoms. The molecule has 5 nitrogen and oxygen atoms in total. The highest BCUT2D eigenvalue weighted by molar-refractivity contribution is 5.36. The van der Waals surface area contributed by atoms with Gasteiger partial charge in [0.2, 0.25) is 0 Å². The van der Waals surface area contributed by atoms with Gasteiger partial charge in [-0.2, -0.15) is 0 Å². The lowest BCUT2D eigenvalue weighted by Crippen LogP contribution is -2.19. The number of nitrogens with zero attached hydrogens (tertiary/aromatic N) is 3. The molecule has 1 aromatic carbocycles. The third kappa shape index (κ3) is 3.79. The van der Waals surface area contributed by atoms with Crippen LogP contribution >= 0.6 is 0 Å². The van der Waals surface area contributed by atoms with Gasteiger partial charge in [0.15, 0.2) is 0 Å². The molecule has 0 aliphatic rings. The van der Waals surface area contributed by atoms with E-state index in [1.165, 1.54) is 0 Å². The maximum absolute atomic E-state index is 5.13. The van der Waals surface area contributed by atoms with Crippen molar-refractivity contribution in [2.24, 2.45) is 5.92 Å². The molecule has 0 aliphatic heterocycles. The molecule has 2 aromatic rings. The van der Waals surface area contributed by atoms with Crippen molar-refractivity contribution in [3.8, 4) is 11.4 Å². The van der Waals surface area contributed by atoms with Crippen molar-refractivity contribution in [3.63, 3.8) is 0 Å². The molecule has 0 saturated heterocycles. The molecule has 0 saturated carbocycles. The predicted octanol–water partition coefficient (Wildman–Crippen LogP) is 2.02. The van der Waals surface area contributed by atoms with Crippen LogP contribution in [-0.4, -0.2) is 28.6 Å². The van der Waals surface area contributed by atoms with Crippen LogP contribution in [0.4, 0.5) is 0 Å². The summed E-state index contributed by atoms with van der Waals surface area (Å²) in [6.07, 6.45) is 1.94. The fourth-order valence-electron chi connectivity index (χ4n) is 1.73. The molecule has 1 aromatic heterocycles. The van der Waals surface area contributed by atoms with Gasteiger partial charge in [-0.1, -0.05) is 19.1 Å². The Morgan fingerprint density at radius 1 is 1.26 bits per heavy atom. The Morgan fingerprint density at radius 3 is 2.63 bits per heavy atom. The molecule has 0 amide bonds. The van der Waals surface area contributed by atoms with Crippen LogP contribution in [0.3, 0.4) is 0 Å². The molecule has 0 radical (unpaired) electrons. The van der Waals surface area contributed by atoms with Crippen molar-refractivity contribution in [2.45, 2.75) is 20.4 Å². The number of nitrogens with one attached hydrogen (secondary N) is 1. The topological polar surface area (TPSA) is 52.0 Å². The summed E-state index contributed by atoms with van der Waals surface area (Å²) in [4.78, 5) is 0. The maximum Gasteiger partial charge on any atom is 0.119 e. The molecule has 1 N–H and O–H groups in total. The summed E-state index contributed by atoms with van der Waals surface area (Å²) in [5, 5.41) is 11.6. The molecule has 0 unspecified atom stereocenters. The van der Waals surface area contributed by atoms with Crippen molar-refractivity contribution in [3.05, 3.63) is 36.2 Å². The Labute approximate surface area is 113 Å². The number of hydrogen-bond acceptors (Lipinski definition) is 4. The molecule has 2 rings (SSSR count). The first-order valence-corrected chi connectivity index (χ1v) is 6.45. The molecule has 0 atom stereocenters. The van der Waals surface area contributed by atoms with E-state index >= 15 is 0 Å². The molecule has 0 aliphatic carbocycles. The van der Waals surface area contributed by atoms with Gasteiger partial charge in [0, 0.05) is 6.54 Å². The Hall–Kier alpha value is -1.88. The van der Waals surface area contributed by atoms with Crippen LogP contribution in [-0.2, 0) is 6.54 Å². The second-order valence-corrected chi connectivity index (χ2v) is 4.88. The minimum absolute atomic E-state index is 0.636. The molecule has 102 valence electrons.